The molecule has 0 saturated heterocycles. The molecule has 1 unspecified atom stereocenters. The first-order valence-corrected chi connectivity index (χ1v) is 11.8. The molecule has 168 valence electrons. The number of anilines is 1. The van der Waals surface area contributed by atoms with E-state index in [0.29, 0.717) is 18.7 Å². The zero-order chi connectivity index (χ0) is 23.0. The predicted molar refractivity (Wildman–Crippen MR) is 119 cm³/mol. The molecule has 0 bridgehead atoms. The van der Waals surface area contributed by atoms with Crippen LogP contribution < -0.4 is 10.5 Å². The number of aliphatic carboxylic acids is 1. The van der Waals surface area contributed by atoms with E-state index in [0.717, 1.165) is 11.0 Å². The third-order valence-corrected chi connectivity index (χ3v) is 6.40. The third kappa shape index (κ3) is 8.17. The Morgan fingerprint density at radius 3 is 2.55 bits per heavy atom. The topological polar surface area (TPSA) is 156 Å². The Morgan fingerprint density at radius 1 is 1.29 bits per heavy atom. The molecular weight excluding hydrogens is 444 g/mol. The average molecular weight is 469 g/mol. The first kappa shape index (κ1) is 24.6. The molecule has 4 N–H and O–H groups in total. The maximum absolute atomic E-state index is 11.5. The van der Waals surface area contributed by atoms with Crippen LogP contribution in [-0.4, -0.2) is 61.2 Å². The Morgan fingerprint density at radius 2 is 1.97 bits per heavy atom. The van der Waals surface area contributed by atoms with Gasteiger partial charge in [0.1, 0.15) is 5.69 Å². The molecule has 2 aromatic carbocycles. The van der Waals surface area contributed by atoms with Gasteiger partial charge >= 0.3 is 5.97 Å². The number of hydrogen-bond donors (Lipinski definition) is 3. The molecule has 0 spiro atoms. The molecule has 1 atom stereocenters. The summed E-state index contributed by atoms with van der Waals surface area (Å²) in [4.78, 5) is 24.0. The Bertz CT molecular complexity index is 1020. The minimum atomic E-state index is -4.08. The predicted octanol–water partition coefficient (Wildman–Crippen LogP) is 2.22. The lowest BCUT2D eigenvalue weighted by atomic mass is 10.2. The number of nitro benzene ring substituents is 1. The fraction of sp³-hybridized carbons (Fsp3) is 0.316. The standard InChI is InChI=1S/C19H24N4O6S2/c1-22(12-19(24)25)10-9-14(13-30-15-5-3-2-4-6-15)21-17-8-7-16(31(20,28)29)11-18(17)23(26)27/h2-8,11,14,21H,9-10,12-13H2,1H3,(H,24,25)(H2,20,28,29). The maximum atomic E-state index is 11.5. The molecule has 0 aliphatic rings. The van der Waals surface area contributed by atoms with Crippen molar-refractivity contribution in [1.82, 2.24) is 4.90 Å². The van der Waals surface area contributed by atoms with Crippen molar-refractivity contribution >= 4 is 39.1 Å². The number of nitro groups is 1. The van der Waals surface area contributed by atoms with Gasteiger partial charge in [-0.1, -0.05) is 18.2 Å². The van der Waals surface area contributed by atoms with E-state index in [-0.39, 0.29) is 23.2 Å². The number of carboxylic acids is 1. The molecule has 12 heteroatoms. The molecule has 0 radical (unpaired) electrons. The van der Waals surface area contributed by atoms with Gasteiger partial charge in [-0.15, -0.1) is 11.8 Å². The molecule has 0 heterocycles. The van der Waals surface area contributed by atoms with Crippen LogP contribution >= 0.6 is 11.8 Å². The highest BCUT2D eigenvalue weighted by molar-refractivity contribution is 7.99. The van der Waals surface area contributed by atoms with Crippen molar-refractivity contribution < 1.29 is 23.2 Å². The molecule has 0 aliphatic heterocycles. The second-order valence-corrected chi connectivity index (χ2v) is 9.52. The quantitative estimate of drug-likeness (QED) is 0.241. The van der Waals surface area contributed by atoms with Crippen molar-refractivity contribution in [3.63, 3.8) is 0 Å². The van der Waals surface area contributed by atoms with Gasteiger partial charge < -0.3 is 10.4 Å². The Kier molecular flexibility index (Phi) is 8.80. The minimum Gasteiger partial charge on any atom is -0.480 e. The Hall–Kier alpha value is -2.67. The van der Waals surface area contributed by atoms with Crippen LogP contribution in [0.1, 0.15) is 6.42 Å². The molecule has 0 aliphatic carbocycles. The van der Waals surface area contributed by atoms with Crippen molar-refractivity contribution in [3.8, 4) is 0 Å². The zero-order valence-corrected chi connectivity index (χ0v) is 18.4. The number of nitrogens with one attached hydrogen (secondary N) is 1. The smallest absolute Gasteiger partial charge is 0.317 e. The number of carbonyl (C=O) groups is 1. The number of nitrogens with zero attached hydrogens (tertiary/aromatic N) is 2. The second-order valence-electron chi connectivity index (χ2n) is 6.87. The van der Waals surface area contributed by atoms with Gasteiger partial charge in [-0.25, -0.2) is 13.6 Å². The van der Waals surface area contributed by atoms with Crippen LogP contribution in [0.15, 0.2) is 58.3 Å². The van der Waals surface area contributed by atoms with Gasteiger partial charge in [0.15, 0.2) is 0 Å². The van der Waals surface area contributed by atoms with E-state index in [4.69, 9.17) is 10.2 Å². The van der Waals surface area contributed by atoms with Crippen LogP contribution in [0.5, 0.6) is 0 Å². The van der Waals surface area contributed by atoms with Crippen molar-refractivity contribution in [2.45, 2.75) is 22.3 Å². The van der Waals surface area contributed by atoms with Gasteiger partial charge in [-0.3, -0.25) is 19.8 Å². The number of nitrogens with two attached hydrogens (primary N) is 1. The lowest BCUT2D eigenvalue weighted by Crippen LogP contribution is -2.32. The van der Waals surface area contributed by atoms with E-state index in [9.17, 15) is 23.3 Å². The SMILES string of the molecule is CN(CCC(CSc1ccccc1)Nc1ccc(S(N)(=O)=O)cc1[N+](=O)[O-])CC(=O)O. The number of rotatable bonds is 12. The summed E-state index contributed by atoms with van der Waals surface area (Å²) in [5.74, 6) is -0.390. The highest BCUT2D eigenvalue weighted by Crippen LogP contribution is 2.29. The van der Waals surface area contributed by atoms with Crippen molar-refractivity contribution in [2.24, 2.45) is 5.14 Å². The van der Waals surface area contributed by atoms with Crippen molar-refractivity contribution in [1.29, 1.82) is 0 Å². The number of benzene rings is 2. The minimum absolute atomic E-state index is 0.123. The molecule has 0 saturated carbocycles. The summed E-state index contributed by atoms with van der Waals surface area (Å²) in [5, 5.41) is 28.6. The van der Waals surface area contributed by atoms with Crippen LogP contribution in [0.2, 0.25) is 0 Å². The van der Waals surface area contributed by atoms with E-state index in [1.807, 2.05) is 30.3 Å². The molecule has 2 rings (SSSR count). The second kappa shape index (κ2) is 11.1. The fourth-order valence-corrected chi connectivity index (χ4v) is 4.31. The molecular formula is C19H24N4O6S2. The summed E-state index contributed by atoms with van der Waals surface area (Å²) in [7, 11) is -2.40. The fourth-order valence-electron chi connectivity index (χ4n) is 2.78. The van der Waals surface area contributed by atoms with Gasteiger partial charge in [0.05, 0.1) is 16.4 Å². The van der Waals surface area contributed by atoms with Gasteiger partial charge in [0.25, 0.3) is 5.69 Å². The first-order valence-electron chi connectivity index (χ1n) is 9.22. The molecule has 2 aromatic rings. The summed E-state index contributed by atoms with van der Waals surface area (Å²) >= 11 is 1.55. The van der Waals surface area contributed by atoms with Crippen molar-refractivity contribution in [3.05, 3.63) is 58.6 Å². The van der Waals surface area contributed by atoms with Crippen LogP contribution in [0.4, 0.5) is 11.4 Å². The summed E-state index contributed by atoms with van der Waals surface area (Å²) < 4.78 is 23.1. The zero-order valence-electron chi connectivity index (χ0n) is 16.8. The number of sulfonamides is 1. The number of likely N-dealkylation sites (N-methyl/N-ethyl adjacent to an activating group) is 1. The van der Waals surface area contributed by atoms with Gasteiger partial charge in [-0.05, 0) is 37.7 Å². The van der Waals surface area contributed by atoms with E-state index in [1.165, 1.54) is 12.1 Å². The van der Waals surface area contributed by atoms with Crippen LogP contribution in [-0.2, 0) is 14.8 Å². The van der Waals surface area contributed by atoms with Crippen LogP contribution in [0, 0.1) is 10.1 Å². The molecule has 31 heavy (non-hydrogen) atoms. The molecule has 10 nitrogen and oxygen atoms in total. The third-order valence-electron chi connectivity index (χ3n) is 4.31. The summed E-state index contributed by atoms with van der Waals surface area (Å²) in [6.45, 7) is 0.324. The number of thioether (sulfide) groups is 1. The van der Waals surface area contributed by atoms with E-state index in [1.54, 1.807) is 23.7 Å². The van der Waals surface area contributed by atoms with Gasteiger partial charge in [-0.2, -0.15) is 0 Å². The first-order chi connectivity index (χ1) is 14.6. The molecule has 0 amide bonds. The average Bonchev–Trinajstić information content (AvgIpc) is 2.69. The summed E-state index contributed by atoms with van der Waals surface area (Å²) in [6, 6.07) is 12.8. The number of carboxylic acid groups (broad SMARTS) is 1. The van der Waals surface area contributed by atoms with Crippen LogP contribution in [0.25, 0.3) is 0 Å². The number of hydrogen-bond acceptors (Lipinski definition) is 8. The molecule has 0 aromatic heterocycles. The highest BCUT2D eigenvalue weighted by Gasteiger charge is 2.22. The monoisotopic (exact) mass is 468 g/mol. The number of primary sulfonamides is 1. The lowest BCUT2D eigenvalue weighted by Gasteiger charge is -2.22. The maximum Gasteiger partial charge on any atom is 0.317 e. The highest BCUT2D eigenvalue weighted by atomic mass is 32.2. The Labute approximate surface area is 184 Å². The van der Waals surface area contributed by atoms with Gasteiger partial charge in [0, 0.05) is 29.3 Å². The van der Waals surface area contributed by atoms with E-state index < -0.39 is 26.6 Å². The van der Waals surface area contributed by atoms with Gasteiger partial charge in [0.2, 0.25) is 10.0 Å². The summed E-state index contributed by atoms with van der Waals surface area (Å²) in [6.07, 6.45) is 0.512. The Balaban J connectivity index is 2.22. The van der Waals surface area contributed by atoms with Crippen molar-refractivity contribution in [2.75, 3.05) is 31.2 Å². The lowest BCUT2D eigenvalue weighted by molar-refractivity contribution is -0.384. The van der Waals surface area contributed by atoms with Crippen LogP contribution in [0.3, 0.4) is 0 Å². The van der Waals surface area contributed by atoms with E-state index >= 15 is 0 Å². The van der Waals surface area contributed by atoms with E-state index in [2.05, 4.69) is 5.32 Å². The summed E-state index contributed by atoms with van der Waals surface area (Å²) in [5.41, 5.74) is -0.239. The molecule has 0 fully saturated rings. The normalized spacial score (nSPS) is 12.5. The largest absolute Gasteiger partial charge is 0.480 e.